The van der Waals surface area contributed by atoms with Gasteiger partial charge in [-0.1, -0.05) is 12.1 Å². The molecular formula is C14H22N4O2S. The summed E-state index contributed by atoms with van der Waals surface area (Å²) in [6.45, 7) is 1.46. The van der Waals surface area contributed by atoms with Crippen molar-refractivity contribution in [3.63, 3.8) is 0 Å². The van der Waals surface area contributed by atoms with Crippen LogP contribution in [0.2, 0.25) is 0 Å². The predicted molar refractivity (Wildman–Crippen MR) is 83.6 cm³/mol. The van der Waals surface area contributed by atoms with Crippen LogP contribution in [0.15, 0.2) is 34.2 Å². The molecule has 0 aromatic heterocycles. The van der Waals surface area contributed by atoms with Gasteiger partial charge in [-0.05, 0) is 43.5 Å². The third kappa shape index (κ3) is 4.71. The van der Waals surface area contributed by atoms with Gasteiger partial charge in [0.1, 0.15) is 0 Å². The maximum absolute atomic E-state index is 11.8. The minimum absolute atomic E-state index is 0.269. The summed E-state index contributed by atoms with van der Waals surface area (Å²) in [5.74, 6) is 1.51. The molecule has 0 saturated heterocycles. The molecule has 0 spiro atoms. The first-order valence-corrected chi connectivity index (χ1v) is 8.50. The standard InChI is InChI=1S/C14H22N4O2S/c1-15-14(17-9-11-6-7-11)18-10-12-4-3-5-13(8-12)21(19,20)16-2/h3-5,8,11,16H,6-7,9-10H2,1-2H3,(H2,15,17,18). The molecule has 0 bridgehead atoms. The first-order chi connectivity index (χ1) is 10.0. The molecule has 21 heavy (non-hydrogen) atoms. The van der Waals surface area contributed by atoms with E-state index in [0.717, 1.165) is 24.0 Å². The lowest BCUT2D eigenvalue weighted by atomic mass is 10.2. The minimum Gasteiger partial charge on any atom is -0.356 e. The third-order valence-electron chi connectivity index (χ3n) is 3.42. The summed E-state index contributed by atoms with van der Waals surface area (Å²) in [6, 6.07) is 6.86. The third-order valence-corrected chi connectivity index (χ3v) is 4.83. The Hall–Kier alpha value is -1.60. The molecule has 0 radical (unpaired) electrons. The molecule has 0 unspecified atom stereocenters. The van der Waals surface area contributed by atoms with Crippen molar-refractivity contribution in [2.24, 2.45) is 10.9 Å². The molecule has 0 atom stereocenters. The number of guanidine groups is 1. The van der Waals surface area contributed by atoms with Crippen molar-refractivity contribution in [3.05, 3.63) is 29.8 Å². The normalized spacial score (nSPS) is 15.8. The Morgan fingerprint density at radius 3 is 2.71 bits per heavy atom. The molecule has 0 amide bonds. The van der Waals surface area contributed by atoms with Gasteiger partial charge in [-0.15, -0.1) is 0 Å². The van der Waals surface area contributed by atoms with Crippen molar-refractivity contribution in [1.29, 1.82) is 0 Å². The van der Waals surface area contributed by atoms with Gasteiger partial charge in [0.15, 0.2) is 5.96 Å². The fourth-order valence-corrected chi connectivity index (χ4v) is 2.71. The molecule has 1 fully saturated rings. The fourth-order valence-electron chi connectivity index (χ4n) is 1.91. The zero-order valence-corrected chi connectivity index (χ0v) is 13.2. The Balaban J connectivity index is 1.94. The smallest absolute Gasteiger partial charge is 0.240 e. The van der Waals surface area contributed by atoms with E-state index in [0.29, 0.717) is 6.54 Å². The number of rotatable bonds is 6. The second kappa shape index (κ2) is 6.91. The quantitative estimate of drug-likeness (QED) is 0.533. The highest BCUT2D eigenvalue weighted by molar-refractivity contribution is 7.89. The van der Waals surface area contributed by atoms with Crippen molar-refractivity contribution in [2.45, 2.75) is 24.3 Å². The van der Waals surface area contributed by atoms with Crippen molar-refractivity contribution in [2.75, 3.05) is 20.6 Å². The molecule has 1 aromatic rings. The van der Waals surface area contributed by atoms with Gasteiger partial charge < -0.3 is 10.6 Å². The average molecular weight is 310 g/mol. The van der Waals surface area contributed by atoms with E-state index in [4.69, 9.17) is 0 Å². The molecule has 1 saturated carbocycles. The number of hydrogen-bond donors (Lipinski definition) is 3. The van der Waals surface area contributed by atoms with Crippen LogP contribution >= 0.6 is 0 Å². The predicted octanol–water partition coefficient (Wildman–Crippen LogP) is 0.670. The van der Waals surface area contributed by atoms with E-state index in [2.05, 4.69) is 20.3 Å². The summed E-state index contributed by atoms with van der Waals surface area (Å²) in [4.78, 5) is 4.42. The van der Waals surface area contributed by atoms with Crippen LogP contribution in [0, 0.1) is 5.92 Å². The molecule has 7 heteroatoms. The van der Waals surface area contributed by atoms with Crippen molar-refractivity contribution in [1.82, 2.24) is 15.4 Å². The van der Waals surface area contributed by atoms with Gasteiger partial charge in [-0.25, -0.2) is 13.1 Å². The van der Waals surface area contributed by atoms with Crippen LogP contribution in [0.25, 0.3) is 0 Å². The van der Waals surface area contributed by atoms with Crippen LogP contribution in [-0.4, -0.2) is 35.0 Å². The highest BCUT2D eigenvalue weighted by atomic mass is 32.2. The monoisotopic (exact) mass is 310 g/mol. The first kappa shape index (κ1) is 15.8. The van der Waals surface area contributed by atoms with Gasteiger partial charge in [0.25, 0.3) is 0 Å². The zero-order chi connectivity index (χ0) is 15.3. The van der Waals surface area contributed by atoms with E-state index in [1.807, 2.05) is 6.07 Å². The van der Waals surface area contributed by atoms with Crippen LogP contribution in [-0.2, 0) is 16.6 Å². The molecule has 1 aliphatic rings. The Morgan fingerprint density at radius 1 is 1.33 bits per heavy atom. The van der Waals surface area contributed by atoms with E-state index in [1.54, 1.807) is 25.2 Å². The number of nitrogens with one attached hydrogen (secondary N) is 3. The second-order valence-corrected chi connectivity index (χ2v) is 6.99. The zero-order valence-electron chi connectivity index (χ0n) is 12.4. The second-order valence-electron chi connectivity index (χ2n) is 5.11. The highest BCUT2D eigenvalue weighted by Crippen LogP contribution is 2.27. The summed E-state index contributed by atoms with van der Waals surface area (Å²) in [7, 11) is -0.269. The fraction of sp³-hybridized carbons (Fsp3) is 0.500. The van der Waals surface area contributed by atoms with E-state index < -0.39 is 10.0 Å². The number of benzene rings is 1. The van der Waals surface area contributed by atoms with Gasteiger partial charge in [-0.3, -0.25) is 4.99 Å². The van der Waals surface area contributed by atoms with Gasteiger partial charge >= 0.3 is 0 Å². The lowest BCUT2D eigenvalue weighted by molar-refractivity contribution is 0.588. The number of aliphatic imine (C=N–C) groups is 1. The van der Waals surface area contributed by atoms with Gasteiger partial charge in [0, 0.05) is 20.1 Å². The molecular weight excluding hydrogens is 288 g/mol. The van der Waals surface area contributed by atoms with Crippen molar-refractivity contribution < 1.29 is 8.42 Å². The van der Waals surface area contributed by atoms with Crippen LogP contribution in [0.3, 0.4) is 0 Å². The van der Waals surface area contributed by atoms with Crippen LogP contribution < -0.4 is 15.4 Å². The summed E-state index contributed by atoms with van der Waals surface area (Å²) in [5.41, 5.74) is 0.890. The Morgan fingerprint density at radius 2 is 2.10 bits per heavy atom. The van der Waals surface area contributed by atoms with Gasteiger partial charge in [0.05, 0.1) is 4.90 Å². The summed E-state index contributed by atoms with van der Waals surface area (Å²) >= 11 is 0. The van der Waals surface area contributed by atoms with Crippen LogP contribution in [0.5, 0.6) is 0 Å². The Bertz CT molecular complexity index is 609. The first-order valence-electron chi connectivity index (χ1n) is 7.02. The van der Waals surface area contributed by atoms with E-state index in [-0.39, 0.29) is 4.90 Å². The maximum Gasteiger partial charge on any atom is 0.240 e. The molecule has 2 rings (SSSR count). The molecule has 116 valence electrons. The summed E-state index contributed by atoms with van der Waals surface area (Å²) < 4.78 is 25.8. The largest absolute Gasteiger partial charge is 0.356 e. The minimum atomic E-state index is -3.40. The van der Waals surface area contributed by atoms with E-state index >= 15 is 0 Å². The molecule has 6 nitrogen and oxygen atoms in total. The molecule has 3 N–H and O–H groups in total. The van der Waals surface area contributed by atoms with Crippen LogP contribution in [0.1, 0.15) is 18.4 Å². The lowest BCUT2D eigenvalue weighted by Gasteiger charge is -2.12. The summed E-state index contributed by atoms with van der Waals surface area (Å²) in [6.07, 6.45) is 2.57. The SMILES string of the molecule is CN=C(NCc1cccc(S(=O)(=O)NC)c1)NCC1CC1. The van der Waals surface area contributed by atoms with E-state index in [1.165, 1.54) is 19.9 Å². The van der Waals surface area contributed by atoms with Crippen molar-refractivity contribution in [3.8, 4) is 0 Å². The van der Waals surface area contributed by atoms with Gasteiger partial charge in [0.2, 0.25) is 10.0 Å². The highest BCUT2D eigenvalue weighted by Gasteiger charge is 2.21. The number of sulfonamides is 1. The Labute approximate surface area is 126 Å². The number of hydrogen-bond acceptors (Lipinski definition) is 3. The average Bonchev–Trinajstić information content (AvgIpc) is 3.32. The van der Waals surface area contributed by atoms with Gasteiger partial charge in [-0.2, -0.15) is 0 Å². The topological polar surface area (TPSA) is 82.6 Å². The Kier molecular flexibility index (Phi) is 5.19. The van der Waals surface area contributed by atoms with Crippen molar-refractivity contribution >= 4 is 16.0 Å². The molecule has 0 heterocycles. The van der Waals surface area contributed by atoms with E-state index in [9.17, 15) is 8.42 Å². The molecule has 1 aliphatic carbocycles. The number of nitrogens with zero attached hydrogens (tertiary/aromatic N) is 1. The molecule has 0 aliphatic heterocycles. The maximum atomic E-state index is 11.8. The lowest BCUT2D eigenvalue weighted by Crippen LogP contribution is -2.37. The molecule has 1 aromatic carbocycles. The summed E-state index contributed by atoms with van der Waals surface area (Å²) in [5, 5.41) is 6.46. The van der Waals surface area contributed by atoms with Crippen LogP contribution in [0.4, 0.5) is 0 Å².